The van der Waals surface area contributed by atoms with Crippen molar-refractivity contribution in [1.29, 1.82) is 0 Å². The van der Waals surface area contributed by atoms with Crippen molar-refractivity contribution in [3.05, 3.63) is 29.3 Å². The van der Waals surface area contributed by atoms with Crippen LogP contribution in [0.5, 0.6) is 0 Å². The molecule has 1 atom stereocenters. The molecule has 2 fully saturated rings. The van der Waals surface area contributed by atoms with Crippen LogP contribution in [0.2, 0.25) is 0 Å². The lowest BCUT2D eigenvalue weighted by Crippen LogP contribution is -2.35. The minimum atomic E-state index is -0.170. The van der Waals surface area contributed by atoms with Crippen molar-refractivity contribution >= 4 is 17.5 Å². The zero-order valence-electron chi connectivity index (χ0n) is 12.8. The van der Waals surface area contributed by atoms with Gasteiger partial charge < -0.3 is 9.80 Å². The predicted molar refractivity (Wildman–Crippen MR) is 82.2 cm³/mol. The van der Waals surface area contributed by atoms with Crippen molar-refractivity contribution in [2.45, 2.75) is 33.1 Å². The van der Waals surface area contributed by atoms with Crippen molar-refractivity contribution in [1.82, 2.24) is 4.90 Å². The Morgan fingerprint density at radius 2 is 1.71 bits per heavy atom. The SMILES string of the molecule is Cc1cc(C)cc(N2C[C@H](C(=O)N3CCCC3)CC2=O)c1. The summed E-state index contributed by atoms with van der Waals surface area (Å²) in [4.78, 5) is 28.4. The van der Waals surface area contributed by atoms with Gasteiger partial charge in [0.2, 0.25) is 11.8 Å². The molecule has 0 N–H and O–H groups in total. The molecule has 0 aromatic heterocycles. The first-order valence-corrected chi connectivity index (χ1v) is 7.72. The summed E-state index contributed by atoms with van der Waals surface area (Å²) in [5.74, 6) is 0.0571. The van der Waals surface area contributed by atoms with Crippen molar-refractivity contribution in [2.75, 3.05) is 24.5 Å². The first kappa shape index (κ1) is 14.1. The van der Waals surface area contributed by atoms with Gasteiger partial charge >= 0.3 is 0 Å². The zero-order valence-corrected chi connectivity index (χ0v) is 12.8. The lowest BCUT2D eigenvalue weighted by Gasteiger charge is -2.21. The van der Waals surface area contributed by atoms with Gasteiger partial charge in [-0.3, -0.25) is 9.59 Å². The fourth-order valence-corrected chi connectivity index (χ4v) is 3.42. The van der Waals surface area contributed by atoms with Gasteiger partial charge in [-0.2, -0.15) is 0 Å². The maximum atomic E-state index is 12.5. The van der Waals surface area contributed by atoms with Crippen LogP contribution in [0.3, 0.4) is 0 Å². The van der Waals surface area contributed by atoms with E-state index in [9.17, 15) is 9.59 Å². The Balaban J connectivity index is 1.76. The molecule has 0 bridgehead atoms. The maximum absolute atomic E-state index is 12.5. The number of anilines is 1. The molecule has 4 heteroatoms. The average molecular weight is 286 g/mol. The molecule has 4 nitrogen and oxygen atoms in total. The number of carbonyl (C=O) groups excluding carboxylic acids is 2. The summed E-state index contributed by atoms with van der Waals surface area (Å²) in [5, 5.41) is 0. The largest absolute Gasteiger partial charge is 0.342 e. The van der Waals surface area contributed by atoms with E-state index in [0.29, 0.717) is 13.0 Å². The van der Waals surface area contributed by atoms with E-state index in [-0.39, 0.29) is 17.7 Å². The minimum absolute atomic E-state index is 0.0672. The molecule has 0 saturated carbocycles. The molecule has 2 aliphatic rings. The van der Waals surface area contributed by atoms with Crippen LogP contribution in [0, 0.1) is 19.8 Å². The van der Waals surface area contributed by atoms with Crippen LogP contribution in [0.4, 0.5) is 5.69 Å². The van der Waals surface area contributed by atoms with Crippen molar-refractivity contribution in [3.63, 3.8) is 0 Å². The highest BCUT2D eigenvalue weighted by atomic mass is 16.2. The first-order valence-electron chi connectivity index (χ1n) is 7.72. The molecule has 0 aliphatic carbocycles. The molecule has 2 amide bonds. The number of benzene rings is 1. The Morgan fingerprint density at radius 3 is 2.33 bits per heavy atom. The molecule has 0 unspecified atom stereocenters. The number of aryl methyl sites for hydroxylation is 2. The Kier molecular flexibility index (Phi) is 3.70. The Hall–Kier alpha value is -1.84. The lowest BCUT2D eigenvalue weighted by molar-refractivity contribution is -0.134. The van der Waals surface area contributed by atoms with Crippen LogP contribution in [-0.4, -0.2) is 36.3 Å². The zero-order chi connectivity index (χ0) is 15.0. The number of nitrogens with zero attached hydrogens (tertiary/aromatic N) is 2. The standard InChI is InChI=1S/C17H22N2O2/c1-12-7-13(2)9-15(8-12)19-11-14(10-16(19)20)17(21)18-5-3-4-6-18/h7-9,14H,3-6,10-11H2,1-2H3/t14-/m1/s1. The molecule has 2 heterocycles. The summed E-state index contributed by atoms with van der Waals surface area (Å²) in [5.41, 5.74) is 3.22. The third-order valence-electron chi connectivity index (χ3n) is 4.41. The van der Waals surface area contributed by atoms with E-state index >= 15 is 0 Å². The molecule has 1 aromatic rings. The highest BCUT2D eigenvalue weighted by molar-refractivity contribution is 6.00. The van der Waals surface area contributed by atoms with Crippen LogP contribution in [-0.2, 0) is 9.59 Å². The van der Waals surface area contributed by atoms with Gasteiger partial charge in [-0.1, -0.05) is 6.07 Å². The smallest absolute Gasteiger partial charge is 0.228 e. The van der Waals surface area contributed by atoms with Gasteiger partial charge in [0.05, 0.1) is 5.92 Å². The highest BCUT2D eigenvalue weighted by Gasteiger charge is 2.37. The quantitative estimate of drug-likeness (QED) is 0.837. The number of amides is 2. The van der Waals surface area contributed by atoms with Crippen LogP contribution >= 0.6 is 0 Å². The number of carbonyl (C=O) groups is 2. The van der Waals surface area contributed by atoms with Crippen molar-refractivity contribution in [2.24, 2.45) is 5.92 Å². The van der Waals surface area contributed by atoms with Crippen LogP contribution in [0.25, 0.3) is 0 Å². The van der Waals surface area contributed by atoms with Gasteiger partial charge in [0, 0.05) is 31.7 Å². The monoisotopic (exact) mass is 286 g/mol. The Morgan fingerprint density at radius 1 is 1.10 bits per heavy atom. The number of hydrogen-bond donors (Lipinski definition) is 0. The topological polar surface area (TPSA) is 40.6 Å². The fourth-order valence-electron chi connectivity index (χ4n) is 3.42. The van der Waals surface area contributed by atoms with Gasteiger partial charge in [0.25, 0.3) is 0 Å². The second-order valence-electron chi connectivity index (χ2n) is 6.28. The molecule has 1 aromatic carbocycles. The molecular formula is C17H22N2O2. The first-order chi connectivity index (χ1) is 10.0. The molecular weight excluding hydrogens is 264 g/mol. The van der Waals surface area contributed by atoms with Gasteiger partial charge in [0.15, 0.2) is 0 Å². The van der Waals surface area contributed by atoms with Crippen LogP contribution in [0.1, 0.15) is 30.4 Å². The van der Waals surface area contributed by atoms with Gasteiger partial charge in [-0.15, -0.1) is 0 Å². The number of hydrogen-bond acceptors (Lipinski definition) is 2. The summed E-state index contributed by atoms with van der Waals surface area (Å²) >= 11 is 0. The molecule has 21 heavy (non-hydrogen) atoms. The lowest BCUT2D eigenvalue weighted by atomic mass is 10.1. The van der Waals surface area contributed by atoms with Gasteiger partial charge in [-0.05, 0) is 49.9 Å². The summed E-state index contributed by atoms with van der Waals surface area (Å²) in [6.45, 7) is 6.30. The average Bonchev–Trinajstić information content (AvgIpc) is 3.05. The predicted octanol–water partition coefficient (Wildman–Crippen LogP) is 2.28. The Labute approximate surface area is 125 Å². The third-order valence-corrected chi connectivity index (χ3v) is 4.41. The second kappa shape index (κ2) is 5.51. The molecule has 3 rings (SSSR count). The molecule has 2 aliphatic heterocycles. The van der Waals surface area contributed by atoms with Gasteiger partial charge in [0.1, 0.15) is 0 Å². The summed E-state index contributed by atoms with van der Waals surface area (Å²) < 4.78 is 0. The van der Waals surface area contributed by atoms with Crippen LogP contribution < -0.4 is 4.90 Å². The summed E-state index contributed by atoms with van der Waals surface area (Å²) in [6.07, 6.45) is 2.53. The molecule has 112 valence electrons. The van der Waals surface area contributed by atoms with Crippen LogP contribution in [0.15, 0.2) is 18.2 Å². The minimum Gasteiger partial charge on any atom is -0.342 e. The third kappa shape index (κ3) is 2.80. The maximum Gasteiger partial charge on any atom is 0.228 e. The van der Waals surface area contributed by atoms with E-state index in [1.807, 2.05) is 30.9 Å². The van der Waals surface area contributed by atoms with E-state index in [2.05, 4.69) is 6.07 Å². The number of rotatable bonds is 2. The summed E-state index contributed by atoms with van der Waals surface area (Å²) in [6, 6.07) is 6.14. The van der Waals surface area contributed by atoms with Crippen molar-refractivity contribution in [3.8, 4) is 0 Å². The van der Waals surface area contributed by atoms with E-state index in [1.54, 1.807) is 4.90 Å². The highest BCUT2D eigenvalue weighted by Crippen LogP contribution is 2.28. The van der Waals surface area contributed by atoms with Gasteiger partial charge in [-0.25, -0.2) is 0 Å². The van der Waals surface area contributed by atoms with E-state index in [0.717, 1.165) is 42.7 Å². The Bertz CT molecular complexity index is 556. The van der Waals surface area contributed by atoms with E-state index in [1.165, 1.54) is 0 Å². The molecule has 0 radical (unpaired) electrons. The van der Waals surface area contributed by atoms with E-state index < -0.39 is 0 Å². The fraction of sp³-hybridized carbons (Fsp3) is 0.529. The van der Waals surface area contributed by atoms with Crippen molar-refractivity contribution < 1.29 is 9.59 Å². The number of likely N-dealkylation sites (tertiary alicyclic amines) is 1. The molecule has 2 saturated heterocycles. The molecule has 0 spiro atoms. The normalized spacial score (nSPS) is 22.2. The second-order valence-corrected chi connectivity index (χ2v) is 6.28. The summed E-state index contributed by atoms with van der Waals surface area (Å²) in [7, 11) is 0. The van der Waals surface area contributed by atoms with E-state index in [4.69, 9.17) is 0 Å².